The second kappa shape index (κ2) is 6.70. The van der Waals surface area contributed by atoms with Crippen molar-refractivity contribution in [3.63, 3.8) is 0 Å². The fraction of sp³-hybridized carbons (Fsp3) is 0.688. The maximum atomic E-state index is 12.4. The lowest BCUT2D eigenvalue weighted by atomic mass is 9.94. The Labute approximate surface area is 137 Å². The Kier molecular flexibility index (Phi) is 4.66. The average molecular weight is 319 g/mol. The fourth-order valence-corrected chi connectivity index (χ4v) is 3.19. The molecule has 1 aromatic rings. The molecular weight excluding hydrogens is 294 g/mol. The van der Waals surface area contributed by atoms with Crippen molar-refractivity contribution >= 4 is 12.0 Å². The van der Waals surface area contributed by atoms with Crippen LogP contribution in [0.4, 0.5) is 10.7 Å². The second-order valence-corrected chi connectivity index (χ2v) is 6.77. The highest BCUT2D eigenvalue weighted by Gasteiger charge is 2.31. The Hall–Kier alpha value is -1.89. The van der Waals surface area contributed by atoms with E-state index in [2.05, 4.69) is 34.0 Å². The van der Waals surface area contributed by atoms with Crippen molar-refractivity contribution in [3.8, 4) is 0 Å². The minimum Gasteiger partial charge on any atom is -0.375 e. The third kappa shape index (κ3) is 4.10. The number of carbonyl (C=O) groups excluding carboxylic acids is 1. The maximum Gasteiger partial charge on any atom is 0.317 e. The minimum absolute atomic E-state index is 0.0290. The number of piperazine rings is 1. The van der Waals surface area contributed by atoms with Gasteiger partial charge in [0.1, 0.15) is 0 Å². The summed E-state index contributed by atoms with van der Waals surface area (Å²) in [6, 6.07) is 2.03. The van der Waals surface area contributed by atoms with Crippen LogP contribution in [0.15, 0.2) is 18.5 Å². The summed E-state index contributed by atoms with van der Waals surface area (Å²) in [5.41, 5.74) is -0.153. The normalized spacial score (nSPS) is 24.3. The van der Waals surface area contributed by atoms with Crippen molar-refractivity contribution in [2.75, 3.05) is 37.7 Å². The van der Waals surface area contributed by atoms with Gasteiger partial charge in [-0.25, -0.2) is 14.8 Å². The van der Waals surface area contributed by atoms with Crippen LogP contribution < -0.4 is 10.2 Å². The molecular formula is C16H25N5O2. The second-order valence-electron chi connectivity index (χ2n) is 6.77. The minimum atomic E-state index is -0.153. The topological polar surface area (TPSA) is 70.6 Å². The molecule has 2 aliphatic rings. The van der Waals surface area contributed by atoms with Crippen LogP contribution in [0, 0.1) is 0 Å². The monoisotopic (exact) mass is 319 g/mol. The Morgan fingerprint density at radius 3 is 2.61 bits per heavy atom. The zero-order chi connectivity index (χ0) is 16.3. The van der Waals surface area contributed by atoms with E-state index in [-0.39, 0.29) is 17.7 Å². The van der Waals surface area contributed by atoms with Gasteiger partial charge in [-0.2, -0.15) is 0 Å². The summed E-state index contributed by atoms with van der Waals surface area (Å²) >= 11 is 0. The van der Waals surface area contributed by atoms with Gasteiger partial charge in [0.25, 0.3) is 0 Å². The molecule has 1 atom stereocenters. The molecule has 0 aliphatic carbocycles. The molecule has 1 unspecified atom stereocenters. The number of amides is 2. The van der Waals surface area contributed by atoms with Crippen LogP contribution in [0.5, 0.6) is 0 Å². The van der Waals surface area contributed by atoms with Crippen molar-refractivity contribution in [2.45, 2.75) is 38.3 Å². The molecule has 0 bridgehead atoms. The van der Waals surface area contributed by atoms with Crippen LogP contribution >= 0.6 is 0 Å². The van der Waals surface area contributed by atoms with Gasteiger partial charge < -0.3 is 19.9 Å². The van der Waals surface area contributed by atoms with Gasteiger partial charge in [-0.1, -0.05) is 0 Å². The number of rotatable bonds is 2. The smallest absolute Gasteiger partial charge is 0.317 e. The van der Waals surface area contributed by atoms with Gasteiger partial charge in [0.15, 0.2) is 0 Å². The molecule has 2 aliphatic heterocycles. The van der Waals surface area contributed by atoms with Crippen molar-refractivity contribution in [1.29, 1.82) is 0 Å². The van der Waals surface area contributed by atoms with Crippen molar-refractivity contribution < 1.29 is 9.53 Å². The van der Waals surface area contributed by atoms with Gasteiger partial charge in [0.2, 0.25) is 5.95 Å². The molecule has 3 heterocycles. The molecule has 2 amide bonds. The van der Waals surface area contributed by atoms with E-state index in [0.717, 1.165) is 31.9 Å². The molecule has 1 aromatic heterocycles. The van der Waals surface area contributed by atoms with Gasteiger partial charge in [-0.3, -0.25) is 0 Å². The van der Waals surface area contributed by atoms with E-state index in [1.165, 1.54) is 0 Å². The molecule has 0 radical (unpaired) electrons. The molecule has 0 spiro atoms. The van der Waals surface area contributed by atoms with E-state index in [1.54, 1.807) is 12.4 Å². The first-order valence-electron chi connectivity index (χ1n) is 8.25. The van der Waals surface area contributed by atoms with Crippen LogP contribution in [0.3, 0.4) is 0 Å². The zero-order valence-electron chi connectivity index (χ0n) is 13.9. The lowest BCUT2D eigenvalue weighted by Gasteiger charge is -2.38. The van der Waals surface area contributed by atoms with Crippen LogP contribution in [0.1, 0.15) is 26.7 Å². The molecule has 126 valence electrons. The SMILES string of the molecule is CC1(C)CC(NC(=O)N2CCN(c3ncccn3)CC2)CCO1. The quantitative estimate of drug-likeness (QED) is 0.889. The Morgan fingerprint density at radius 1 is 1.26 bits per heavy atom. The number of anilines is 1. The van der Waals surface area contributed by atoms with E-state index in [0.29, 0.717) is 19.7 Å². The molecule has 1 N–H and O–H groups in total. The molecule has 3 rings (SSSR count). The van der Waals surface area contributed by atoms with Gasteiger partial charge in [0, 0.05) is 51.2 Å². The molecule has 0 aromatic carbocycles. The predicted molar refractivity (Wildman–Crippen MR) is 87.4 cm³/mol. The average Bonchev–Trinajstić information content (AvgIpc) is 2.55. The van der Waals surface area contributed by atoms with Crippen LogP contribution in [0.25, 0.3) is 0 Å². The van der Waals surface area contributed by atoms with Gasteiger partial charge in [-0.15, -0.1) is 0 Å². The fourth-order valence-electron chi connectivity index (χ4n) is 3.19. The Balaban J connectivity index is 1.49. The van der Waals surface area contributed by atoms with Crippen LogP contribution in [-0.2, 0) is 4.74 Å². The molecule has 7 heteroatoms. The lowest BCUT2D eigenvalue weighted by Crippen LogP contribution is -2.55. The Bertz CT molecular complexity index is 529. The van der Waals surface area contributed by atoms with Crippen molar-refractivity contribution in [3.05, 3.63) is 18.5 Å². The van der Waals surface area contributed by atoms with E-state index >= 15 is 0 Å². The standard InChI is InChI=1S/C16H25N5O2/c1-16(2)12-13(4-11-23-16)19-15(22)21-9-7-20(8-10-21)14-17-5-3-6-18-14/h3,5-6,13H,4,7-12H2,1-2H3,(H,19,22). The zero-order valence-corrected chi connectivity index (χ0v) is 13.9. The van der Waals surface area contributed by atoms with Crippen LogP contribution in [0.2, 0.25) is 0 Å². The third-order valence-electron chi connectivity index (χ3n) is 4.43. The number of ether oxygens (including phenoxy) is 1. The first-order chi connectivity index (χ1) is 11.0. The molecule has 2 fully saturated rings. The van der Waals surface area contributed by atoms with Gasteiger partial charge >= 0.3 is 6.03 Å². The number of hydrogen-bond acceptors (Lipinski definition) is 5. The molecule has 7 nitrogen and oxygen atoms in total. The number of nitrogens with one attached hydrogen (secondary N) is 1. The number of aromatic nitrogens is 2. The molecule has 23 heavy (non-hydrogen) atoms. The van der Waals surface area contributed by atoms with Crippen molar-refractivity contribution in [1.82, 2.24) is 20.2 Å². The van der Waals surface area contributed by atoms with Crippen molar-refractivity contribution in [2.24, 2.45) is 0 Å². The number of hydrogen-bond donors (Lipinski definition) is 1. The summed E-state index contributed by atoms with van der Waals surface area (Å²) in [5.74, 6) is 0.735. The summed E-state index contributed by atoms with van der Waals surface area (Å²) in [6.45, 7) is 7.76. The number of urea groups is 1. The van der Waals surface area contributed by atoms with Gasteiger partial charge in [0.05, 0.1) is 5.60 Å². The highest BCUT2D eigenvalue weighted by Crippen LogP contribution is 2.24. The highest BCUT2D eigenvalue weighted by molar-refractivity contribution is 5.74. The van der Waals surface area contributed by atoms with E-state index in [1.807, 2.05) is 11.0 Å². The predicted octanol–water partition coefficient (Wildman–Crippen LogP) is 1.27. The first-order valence-corrected chi connectivity index (χ1v) is 8.25. The van der Waals surface area contributed by atoms with Crippen LogP contribution in [-0.4, -0.2) is 65.3 Å². The summed E-state index contributed by atoms with van der Waals surface area (Å²) in [7, 11) is 0. The highest BCUT2D eigenvalue weighted by atomic mass is 16.5. The largest absolute Gasteiger partial charge is 0.375 e. The first kappa shape index (κ1) is 16.0. The van der Waals surface area contributed by atoms with Gasteiger partial charge in [-0.05, 0) is 32.8 Å². The maximum absolute atomic E-state index is 12.4. The van der Waals surface area contributed by atoms with E-state index < -0.39 is 0 Å². The number of carbonyl (C=O) groups is 1. The number of nitrogens with zero attached hydrogens (tertiary/aromatic N) is 4. The summed E-state index contributed by atoms with van der Waals surface area (Å²) in [5, 5.41) is 3.16. The summed E-state index contributed by atoms with van der Waals surface area (Å²) in [4.78, 5) is 25.0. The van der Waals surface area contributed by atoms with E-state index in [9.17, 15) is 4.79 Å². The summed E-state index contributed by atoms with van der Waals surface area (Å²) < 4.78 is 5.70. The lowest BCUT2D eigenvalue weighted by molar-refractivity contribution is -0.0615. The van der Waals surface area contributed by atoms with E-state index in [4.69, 9.17) is 4.74 Å². The summed E-state index contributed by atoms with van der Waals surface area (Å²) in [6.07, 6.45) is 5.23. The molecule has 0 saturated carbocycles. The molecule has 2 saturated heterocycles. The third-order valence-corrected chi connectivity index (χ3v) is 4.43. The Morgan fingerprint density at radius 2 is 1.96 bits per heavy atom.